The van der Waals surface area contributed by atoms with Gasteiger partial charge in [-0.3, -0.25) is 14.6 Å². The maximum Gasteiger partial charge on any atom is 0.258 e. The number of anilines is 1. The van der Waals surface area contributed by atoms with Crippen LogP contribution < -0.4 is 11.3 Å². The number of hydrogen-bond donors (Lipinski definition) is 2. The number of nitrogens with zero attached hydrogens (tertiary/aromatic N) is 4. The van der Waals surface area contributed by atoms with Crippen molar-refractivity contribution >= 4 is 23.0 Å². The summed E-state index contributed by atoms with van der Waals surface area (Å²) in [6.45, 7) is 4.84. The molecule has 4 heterocycles. The van der Waals surface area contributed by atoms with E-state index in [0.29, 0.717) is 47.6 Å². The Labute approximate surface area is 166 Å². The summed E-state index contributed by atoms with van der Waals surface area (Å²) in [4.78, 5) is 38.8. The fourth-order valence-corrected chi connectivity index (χ4v) is 4.85. The Bertz CT molecular complexity index is 1200. The van der Waals surface area contributed by atoms with Gasteiger partial charge in [-0.05, 0) is 45.6 Å². The number of carbonyl (C=O) groups is 1. The number of nitrogen functional groups attached to an aromatic ring is 1. The van der Waals surface area contributed by atoms with Gasteiger partial charge in [0.15, 0.2) is 0 Å². The first-order valence-corrected chi connectivity index (χ1v) is 9.80. The van der Waals surface area contributed by atoms with Crippen LogP contribution in [-0.4, -0.2) is 44.0 Å². The third-order valence-corrected chi connectivity index (χ3v) is 6.37. The molecule has 1 saturated heterocycles. The third kappa shape index (κ3) is 2.64. The van der Waals surface area contributed by atoms with Crippen LogP contribution in [-0.2, 0) is 11.8 Å². The molecule has 1 aliphatic heterocycles. The summed E-state index contributed by atoms with van der Waals surface area (Å²) >= 11 is 0. The van der Waals surface area contributed by atoms with E-state index in [1.807, 2.05) is 18.7 Å². The summed E-state index contributed by atoms with van der Waals surface area (Å²) in [7, 11) is 0. The van der Waals surface area contributed by atoms with Gasteiger partial charge < -0.3 is 15.2 Å². The predicted octanol–water partition coefficient (Wildman–Crippen LogP) is 1.63. The number of piperidine rings is 1. The van der Waals surface area contributed by atoms with E-state index in [4.69, 9.17) is 10.3 Å². The van der Waals surface area contributed by atoms with Crippen LogP contribution >= 0.6 is 0 Å². The molecular weight excluding hydrogens is 372 g/mol. The Morgan fingerprint density at radius 3 is 2.76 bits per heavy atom. The first-order chi connectivity index (χ1) is 13.9. The van der Waals surface area contributed by atoms with Crippen molar-refractivity contribution in [3.8, 4) is 0 Å². The van der Waals surface area contributed by atoms with Gasteiger partial charge in [0.2, 0.25) is 5.95 Å². The molecule has 0 unspecified atom stereocenters. The molecule has 1 fully saturated rings. The lowest BCUT2D eigenvalue weighted by Crippen LogP contribution is -2.45. The lowest BCUT2D eigenvalue weighted by atomic mass is 9.76. The van der Waals surface area contributed by atoms with Crippen LogP contribution in [0.3, 0.4) is 0 Å². The summed E-state index contributed by atoms with van der Waals surface area (Å²) < 4.78 is 5.26. The van der Waals surface area contributed by atoms with Crippen molar-refractivity contribution in [1.29, 1.82) is 0 Å². The zero-order chi connectivity index (χ0) is 20.3. The monoisotopic (exact) mass is 394 g/mol. The molecule has 1 amide bonds. The molecule has 2 aliphatic rings. The molecule has 29 heavy (non-hydrogen) atoms. The van der Waals surface area contributed by atoms with Crippen LogP contribution in [0.4, 0.5) is 5.95 Å². The smallest absolute Gasteiger partial charge is 0.258 e. The number of hydrogen-bond acceptors (Lipinski definition) is 7. The molecule has 1 spiro atoms. The maximum absolute atomic E-state index is 13.3. The zero-order valence-corrected chi connectivity index (χ0v) is 16.4. The highest BCUT2D eigenvalue weighted by Crippen LogP contribution is 2.44. The molecule has 0 aromatic carbocycles. The van der Waals surface area contributed by atoms with Crippen LogP contribution in [0.1, 0.15) is 52.3 Å². The van der Waals surface area contributed by atoms with Crippen molar-refractivity contribution in [2.75, 3.05) is 18.8 Å². The topological polar surface area (TPSA) is 131 Å². The van der Waals surface area contributed by atoms with Crippen LogP contribution in [0, 0.1) is 13.8 Å². The molecule has 0 radical (unpaired) electrons. The Balaban J connectivity index is 1.44. The molecule has 0 atom stereocenters. The highest BCUT2D eigenvalue weighted by Gasteiger charge is 2.44. The number of amides is 1. The van der Waals surface area contributed by atoms with Crippen LogP contribution in [0.15, 0.2) is 15.4 Å². The number of fused-ring (bicyclic) bond motifs is 3. The highest BCUT2D eigenvalue weighted by atomic mass is 16.5. The van der Waals surface area contributed by atoms with E-state index >= 15 is 0 Å². The molecule has 5 rings (SSSR count). The number of aromatic amines is 1. The van der Waals surface area contributed by atoms with E-state index in [0.717, 1.165) is 30.5 Å². The molecule has 150 valence electrons. The van der Waals surface area contributed by atoms with Crippen molar-refractivity contribution in [3.05, 3.63) is 44.6 Å². The van der Waals surface area contributed by atoms with Crippen molar-refractivity contribution in [3.63, 3.8) is 0 Å². The van der Waals surface area contributed by atoms with Crippen molar-refractivity contribution in [2.24, 2.45) is 0 Å². The van der Waals surface area contributed by atoms with E-state index in [1.54, 1.807) is 6.07 Å². The largest absolute Gasteiger partial charge is 0.369 e. The summed E-state index contributed by atoms with van der Waals surface area (Å²) in [5, 5.41) is 4.64. The number of nitrogens with one attached hydrogen (secondary N) is 1. The zero-order valence-electron chi connectivity index (χ0n) is 16.4. The lowest BCUT2D eigenvalue weighted by molar-refractivity contribution is 0.0665. The van der Waals surface area contributed by atoms with Gasteiger partial charge in [0, 0.05) is 29.8 Å². The summed E-state index contributed by atoms with van der Waals surface area (Å²) in [5.41, 5.74) is 9.39. The average Bonchev–Trinajstić information content (AvgIpc) is 3.23. The van der Waals surface area contributed by atoms with Gasteiger partial charge in [-0.15, -0.1) is 0 Å². The molecule has 9 heteroatoms. The number of aryl methyl sites for hydroxylation is 2. The first kappa shape index (κ1) is 17.8. The van der Waals surface area contributed by atoms with Gasteiger partial charge in [-0.1, -0.05) is 5.16 Å². The Kier molecular flexibility index (Phi) is 3.77. The van der Waals surface area contributed by atoms with Crippen molar-refractivity contribution in [2.45, 2.75) is 44.9 Å². The number of pyridine rings is 1. The Morgan fingerprint density at radius 2 is 2.00 bits per heavy atom. The van der Waals surface area contributed by atoms with E-state index in [9.17, 15) is 9.59 Å². The Hall–Kier alpha value is -3.23. The van der Waals surface area contributed by atoms with E-state index in [2.05, 4.69) is 20.1 Å². The fourth-order valence-electron chi connectivity index (χ4n) is 4.85. The molecule has 3 aromatic rings. The molecule has 0 bridgehead atoms. The second-order valence-electron chi connectivity index (χ2n) is 8.11. The second kappa shape index (κ2) is 6.13. The van der Waals surface area contributed by atoms with E-state index in [-0.39, 0.29) is 22.8 Å². The fraction of sp³-hybridized carbons (Fsp3) is 0.450. The van der Waals surface area contributed by atoms with Crippen LogP contribution in [0.2, 0.25) is 0 Å². The van der Waals surface area contributed by atoms with Gasteiger partial charge in [0.25, 0.3) is 17.2 Å². The molecule has 3 aromatic heterocycles. The predicted molar refractivity (Wildman–Crippen MR) is 106 cm³/mol. The molecular formula is C20H22N6O3. The SMILES string of the molecule is Cc1cc(C(=O)N2CCC3(CCc4c3nc(N)[nH]c4=O)CC2)c2c(C)noc2n1. The van der Waals surface area contributed by atoms with Gasteiger partial charge >= 0.3 is 0 Å². The number of nitrogens with two attached hydrogens (primary N) is 1. The van der Waals surface area contributed by atoms with Crippen LogP contribution in [0.25, 0.3) is 11.1 Å². The van der Waals surface area contributed by atoms with Gasteiger partial charge in [0.05, 0.1) is 22.3 Å². The average molecular weight is 394 g/mol. The first-order valence-electron chi connectivity index (χ1n) is 9.80. The van der Waals surface area contributed by atoms with Crippen LogP contribution in [0.5, 0.6) is 0 Å². The summed E-state index contributed by atoms with van der Waals surface area (Å²) in [6, 6.07) is 1.80. The molecule has 0 saturated carbocycles. The second-order valence-corrected chi connectivity index (χ2v) is 8.11. The lowest BCUT2D eigenvalue weighted by Gasteiger charge is -2.39. The third-order valence-electron chi connectivity index (χ3n) is 6.37. The minimum absolute atomic E-state index is 0.0433. The Morgan fingerprint density at radius 1 is 1.24 bits per heavy atom. The van der Waals surface area contributed by atoms with Crippen molar-refractivity contribution < 1.29 is 9.32 Å². The quantitative estimate of drug-likeness (QED) is 0.641. The number of likely N-dealkylation sites (tertiary alicyclic amines) is 1. The van der Waals surface area contributed by atoms with Gasteiger partial charge in [-0.25, -0.2) is 9.97 Å². The van der Waals surface area contributed by atoms with E-state index < -0.39 is 0 Å². The molecule has 9 nitrogen and oxygen atoms in total. The number of rotatable bonds is 1. The van der Waals surface area contributed by atoms with Gasteiger partial charge in [0.1, 0.15) is 0 Å². The van der Waals surface area contributed by atoms with Gasteiger partial charge in [-0.2, -0.15) is 0 Å². The normalized spacial score (nSPS) is 17.8. The minimum Gasteiger partial charge on any atom is -0.369 e. The number of carbonyl (C=O) groups excluding carboxylic acids is 1. The van der Waals surface area contributed by atoms with E-state index in [1.165, 1.54) is 0 Å². The summed E-state index contributed by atoms with van der Waals surface area (Å²) in [6.07, 6.45) is 3.10. The summed E-state index contributed by atoms with van der Waals surface area (Å²) in [5.74, 6) is 0.115. The molecule has 1 aliphatic carbocycles. The van der Waals surface area contributed by atoms with Crippen molar-refractivity contribution in [1.82, 2.24) is 25.0 Å². The number of aromatic nitrogens is 4. The maximum atomic E-state index is 13.3. The molecule has 3 N–H and O–H groups in total. The highest BCUT2D eigenvalue weighted by molar-refractivity contribution is 6.06. The minimum atomic E-state index is -0.176. The number of H-pyrrole nitrogens is 1. The standard InChI is InChI=1S/C20H22N6O3/c1-10-9-13(14-11(2)25-29-17(14)22-10)18(28)26-7-5-20(6-8-26)4-3-12-15(20)23-19(21)24-16(12)27/h9H,3-8H2,1-2H3,(H3,21,23,24,27).